The fourth-order valence-electron chi connectivity index (χ4n) is 7.43. The third kappa shape index (κ3) is 10.4. The van der Waals surface area contributed by atoms with Crippen molar-refractivity contribution in [1.82, 2.24) is 10.6 Å². The number of fused-ring (bicyclic) bond motifs is 2. The van der Waals surface area contributed by atoms with Crippen molar-refractivity contribution >= 4 is 17.8 Å². The number of nitrogens with one attached hydrogen (secondary N) is 2. The van der Waals surface area contributed by atoms with E-state index in [0.29, 0.717) is 30.4 Å². The van der Waals surface area contributed by atoms with Crippen LogP contribution >= 0.6 is 0 Å². The molecule has 13 heteroatoms. The number of esters is 1. The van der Waals surface area contributed by atoms with E-state index in [9.17, 15) is 29.7 Å². The molecule has 0 saturated heterocycles. The predicted molar refractivity (Wildman–Crippen MR) is 213 cm³/mol. The molecule has 2 aliphatic carbocycles. The van der Waals surface area contributed by atoms with Crippen LogP contribution in [0.15, 0.2) is 109 Å². The van der Waals surface area contributed by atoms with Gasteiger partial charge in [0, 0.05) is 12.8 Å². The Morgan fingerprint density at radius 2 is 1.14 bits per heavy atom. The van der Waals surface area contributed by atoms with Crippen molar-refractivity contribution in [2.45, 2.75) is 101 Å². The van der Waals surface area contributed by atoms with E-state index in [2.05, 4.69) is 10.6 Å². The molecule has 58 heavy (non-hydrogen) atoms. The largest absolute Gasteiger partial charge is 0.437 e. The molecule has 0 aliphatic heterocycles. The number of hydrogen-bond acceptors (Lipinski definition) is 11. The lowest BCUT2D eigenvalue weighted by atomic mass is 9.99. The van der Waals surface area contributed by atoms with Gasteiger partial charge in [-0.25, -0.2) is 0 Å². The highest BCUT2D eigenvalue weighted by Crippen LogP contribution is 2.33. The van der Waals surface area contributed by atoms with Crippen LogP contribution in [0.25, 0.3) is 0 Å². The first-order valence-electron chi connectivity index (χ1n) is 19.7. The standard InChI is InChI=1S/C45H53N3O10/c1-3-27(2)36(46)45(54)58-26-57-40(42(56-25-29-16-8-5-9-17-29)44(53)48-38-33-21-13-11-19-31(33)23-35(38)50)39(51)41(55-24-28-14-6-4-7-15-28)43(52)47-37-32-20-12-10-18-30(32)22-34(37)49/h4-21,27,34-42,49-51H,3,22-26,46H2,1-2H3,(H,47,52)(H,48,53)/t27-,34+,35+,36-,37-,38-,39+,40+,41+,42+/m0/s1. The zero-order chi connectivity index (χ0) is 41.2. The summed E-state index contributed by atoms with van der Waals surface area (Å²) in [5.74, 6) is -2.54. The zero-order valence-electron chi connectivity index (χ0n) is 32.7. The lowest BCUT2D eigenvalue weighted by Gasteiger charge is -2.35. The van der Waals surface area contributed by atoms with Crippen LogP contribution in [0.5, 0.6) is 0 Å². The van der Waals surface area contributed by atoms with Crippen molar-refractivity contribution in [3.05, 3.63) is 143 Å². The molecule has 4 aromatic carbocycles. The number of hydrogen-bond donors (Lipinski definition) is 6. The van der Waals surface area contributed by atoms with E-state index >= 15 is 0 Å². The predicted octanol–water partition coefficient (Wildman–Crippen LogP) is 3.33. The fraction of sp³-hybridized carbons (Fsp3) is 0.400. The molecular formula is C45H53N3O10. The molecule has 0 saturated carbocycles. The molecular weight excluding hydrogens is 743 g/mol. The molecule has 0 heterocycles. The van der Waals surface area contributed by atoms with Crippen LogP contribution in [0.1, 0.15) is 65.7 Å². The van der Waals surface area contributed by atoms with Gasteiger partial charge in [0.15, 0.2) is 19.0 Å². The molecule has 2 aliphatic rings. The minimum Gasteiger partial charge on any atom is -0.437 e. The Labute approximate surface area is 338 Å². The molecule has 6 rings (SSSR count). The van der Waals surface area contributed by atoms with Gasteiger partial charge in [-0.2, -0.15) is 0 Å². The quantitative estimate of drug-likeness (QED) is 0.0602. The normalized spacial score (nSPS) is 21.4. The van der Waals surface area contributed by atoms with Crippen LogP contribution in [0.2, 0.25) is 0 Å². The second-order valence-electron chi connectivity index (χ2n) is 15.0. The van der Waals surface area contributed by atoms with E-state index in [1.165, 1.54) is 0 Å². The molecule has 13 nitrogen and oxygen atoms in total. The van der Waals surface area contributed by atoms with Crippen molar-refractivity contribution in [1.29, 1.82) is 0 Å². The number of rotatable bonds is 19. The number of benzene rings is 4. The van der Waals surface area contributed by atoms with Gasteiger partial charge in [0.05, 0.1) is 37.5 Å². The Morgan fingerprint density at radius 3 is 1.64 bits per heavy atom. The van der Waals surface area contributed by atoms with Gasteiger partial charge in [0.1, 0.15) is 18.2 Å². The first kappa shape index (κ1) is 42.6. The number of nitrogens with two attached hydrogens (primary N) is 1. The van der Waals surface area contributed by atoms with Crippen molar-refractivity contribution < 1.29 is 48.7 Å². The average Bonchev–Trinajstić information content (AvgIpc) is 3.73. The van der Waals surface area contributed by atoms with Crippen molar-refractivity contribution in [3.63, 3.8) is 0 Å². The topological polar surface area (TPSA) is 199 Å². The highest BCUT2D eigenvalue weighted by molar-refractivity contribution is 5.84. The molecule has 0 bridgehead atoms. The van der Waals surface area contributed by atoms with Gasteiger partial charge in [0.25, 0.3) is 11.8 Å². The number of amides is 2. The van der Waals surface area contributed by atoms with Crippen LogP contribution in [-0.4, -0.2) is 82.6 Å². The van der Waals surface area contributed by atoms with Gasteiger partial charge in [-0.15, -0.1) is 0 Å². The van der Waals surface area contributed by atoms with E-state index in [4.69, 9.17) is 24.7 Å². The summed E-state index contributed by atoms with van der Waals surface area (Å²) in [6, 6.07) is 30.1. The smallest absolute Gasteiger partial charge is 0.325 e. The summed E-state index contributed by atoms with van der Waals surface area (Å²) < 4.78 is 24.0. The van der Waals surface area contributed by atoms with Crippen molar-refractivity contribution in [3.8, 4) is 0 Å². The second-order valence-corrected chi connectivity index (χ2v) is 15.0. The van der Waals surface area contributed by atoms with E-state index in [0.717, 1.165) is 22.3 Å². The van der Waals surface area contributed by atoms with Crippen LogP contribution < -0.4 is 16.4 Å². The van der Waals surface area contributed by atoms with Crippen LogP contribution in [0.3, 0.4) is 0 Å². The lowest BCUT2D eigenvalue weighted by Crippen LogP contribution is -2.58. The molecule has 2 amide bonds. The third-order valence-corrected chi connectivity index (χ3v) is 11.0. The van der Waals surface area contributed by atoms with E-state index in [-0.39, 0.29) is 19.1 Å². The Morgan fingerprint density at radius 1 is 0.690 bits per heavy atom. The van der Waals surface area contributed by atoms with Gasteiger partial charge in [-0.3, -0.25) is 14.4 Å². The highest BCUT2D eigenvalue weighted by atomic mass is 16.7. The van der Waals surface area contributed by atoms with Gasteiger partial charge in [-0.1, -0.05) is 129 Å². The van der Waals surface area contributed by atoms with Gasteiger partial charge in [0.2, 0.25) is 0 Å². The van der Waals surface area contributed by atoms with Crippen LogP contribution in [-0.2, 0) is 59.4 Å². The molecule has 0 spiro atoms. The van der Waals surface area contributed by atoms with E-state index < -0.39 is 79.3 Å². The summed E-state index contributed by atoms with van der Waals surface area (Å²) in [5, 5.41) is 40.3. The van der Waals surface area contributed by atoms with Gasteiger partial charge in [-0.05, 0) is 39.3 Å². The van der Waals surface area contributed by atoms with Crippen molar-refractivity contribution in [2.24, 2.45) is 11.7 Å². The summed E-state index contributed by atoms with van der Waals surface area (Å²) in [7, 11) is 0. The molecule has 0 unspecified atom stereocenters. The molecule has 0 fully saturated rings. The Bertz CT molecular complexity index is 1970. The summed E-state index contributed by atoms with van der Waals surface area (Å²) in [6.07, 6.45) is -7.72. The summed E-state index contributed by atoms with van der Waals surface area (Å²) >= 11 is 0. The maximum Gasteiger partial charge on any atom is 0.325 e. The molecule has 308 valence electrons. The SMILES string of the molecule is CC[C@H](C)[C@H](N)C(=O)OCO[C@H]([C@@H](O)[C@@H](OCc1ccccc1)C(=O)N[C@H]1c2ccccc2C[C@H]1O)[C@@H](OCc1ccccc1)C(=O)N[C@H]1c2ccccc2C[C@H]1O. The number of aliphatic hydroxyl groups excluding tert-OH is 3. The minimum atomic E-state index is -1.94. The Balaban J connectivity index is 1.34. The summed E-state index contributed by atoms with van der Waals surface area (Å²) in [5.41, 5.74) is 10.7. The first-order chi connectivity index (χ1) is 28.0. The fourth-order valence-corrected chi connectivity index (χ4v) is 7.43. The molecule has 10 atom stereocenters. The molecule has 0 radical (unpaired) electrons. The molecule has 0 aromatic heterocycles. The third-order valence-electron chi connectivity index (χ3n) is 11.0. The van der Waals surface area contributed by atoms with Gasteiger partial charge >= 0.3 is 5.97 Å². The maximum absolute atomic E-state index is 14.5. The number of aliphatic hydroxyl groups is 3. The summed E-state index contributed by atoms with van der Waals surface area (Å²) in [6.45, 7) is 2.68. The Hall–Kier alpha value is -4.99. The van der Waals surface area contributed by atoms with Crippen LogP contribution in [0, 0.1) is 5.92 Å². The van der Waals surface area contributed by atoms with E-state index in [1.807, 2.05) is 55.5 Å². The molecule has 4 aromatic rings. The maximum atomic E-state index is 14.5. The minimum absolute atomic E-state index is 0.124. The van der Waals surface area contributed by atoms with E-state index in [1.54, 1.807) is 67.6 Å². The monoisotopic (exact) mass is 795 g/mol. The first-order valence-corrected chi connectivity index (χ1v) is 19.7. The van der Waals surface area contributed by atoms with Crippen molar-refractivity contribution in [2.75, 3.05) is 6.79 Å². The van der Waals surface area contributed by atoms with Gasteiger partial charge < -0.3 is 50.6 Å². The lowest BCUT2D eigenvalue weighted by molar-refractivity contribution is -0.204. The second kappa shape index (κ2) is 20.1. The Kier molecular flexibility index (Phi) is 14.8. The number of ether oxygens (including phenoxy) is 4. The summed E-state index contributed by atoms with van der Waals surface area (Å²) in [4.78, 5) is 41.9. The number of carbonyl (C=O) groups excluding carboxylic acids is 3. The average molecular weight is 796 g/mol. The zero-order valence-corrected chi connectivity index (χ0v) is 32.7. The molecule has 7 N–H and O–H groups in total. The number of carbonyl (C=O) groups is 3. The highest BCUT2D eigenvalue weighted by Gasteiger charge is 2.46. The van der Waals surface area contributed by atoms with Crippen LogP contribution in [0.4, 0.5) is 0 Å².